The van der Waals surface area contributed by atoms with Crippen LogP contribution in [0.1, 0.15) is 40.5 Å². The molecule has 0 aromatic rings. The minimum Gasteiger partial charge on any atom is -0.402 e. The summed E-state index contributed by atoms with van der Waals surface area (Å²) in [5, 5.41) is 10.5. The number of nitrogens with two attached hydrogens (primary N) is 1. The zero-order valence-corrected chi connectivity index (χ0v) is 13.9. The third-order valence-corrected chi connectivity index (χ3v) is 3.35. The Labute approximate surface area is 128 Å². The van der Waals surface area contributed by atoms with E-state index in [9.17, 15) is 0 Å². The standard InChI is InChI=1S/C17H27NOS/c1-12(2)16(11-15(5)14(4)7-9-20)17(18)10-13(3)6-8-19/h7,9,11-12,19H,3,6,8,10,18H2,1-2,4-5H3. The fraction of sp³-hybridized carbons (Fsp3) is 0.471. The van der Waals surface area contributed by atoms with Crippen LogP contribution < -0.4 is 5.73 Å². The summed E-state index contributed by atoms with van der Waals surface area (Å²) in [4.78, 5) is 0. The molecule has 20 heavy (non-hydrogen) atoms. The molecule has 0 atom stereocenters. The molecule has 112 valence electrons. The summed E-state index contributed by atoms with van der Waals surface area (Å²) in [6.45, 7) is 12.4. The van der Waals surface area contributed by atoms with Crippen molar-refractivity contribution in [2.24, 2.45) is 11.7 Å². The quantitative estimate of drug-likeness (QED) is 0.307. The molecule has 2 nitrogen and oxygen atoms in total. The number of hydrogen-bond donors (Lipinski definition) is 2. The second-order valence-electron chi connectivity index (χ2n) is 5.35. The van der Waals surface area contributed by atoms with Crippen molar-refractivity contribution in [2.45, 2.75) is 40.5 Å². The number of rotatable bonds is 8. The van der Waals surface area contributed by atoms with Crippen molar-refractivity contribution in [3.05, 3.63) is 46.7 Å². The fourth-order valence-electron chi connectivity index (χ4n) is 1.83. The summed E-state index contributed by atoms with van der Waals surface area (Å²) in [5.74, 6) is 0.340. The fourth-order valence-corrected chi connectivity index (χ4v) is 2.03. The number of hydrogen-bond acceptors (Lipinski definition) is 3. The van der Waals surface area contributed by atoms with Gasteiger partial charge in [-0.15, -0.1) is 0 Å². The molecule has 0 spiro atoms. The molecule has 3 heteroatoms. The van der Waals surface area contributed by atoms with Gasteiger partial charge in [-0.3, -0.25) is 0 Å². The second kappa shape index (κ2) is 9.67. The topological polar surface area (TPSA) is 46.2 Å². The van der Waals surface area contributed by atoms with Crippen LogP contribution in [0.2, 0.25) is 0 Å². The molecule has 0 heterocycles. The molecule has 0 aliphatic heterocycles. The highest BCUT2D eigenvalue weighted by molar-refractivity contribution is 7.79. The lowest BCUT2D eigenvalue weighted by Crippen LogP contribution is -2.08. The molecule has 0 fully saturated rings. The zero-order valence-electron chi connectivity index (χ0n) is 13.1. The number of thiocarbonyl (C=S) groups is 1. The lowest BCUT2D eigenvalue weighted by Gasteiger charge is -2.15. The molecule has 0 aliphatic carbocycles. The highest BCUT2D eigenvalue weighted by Gasteiger charge is 2.08. The molecule has 0 amide bonds. The highest BCUT2D eigenvalue weighted by atomic mass is 32.1. The molecule has 0 bridgehead atoms. The first kappa shape index (κ1) is 18.8. The van der Waals surface area contributed by atoms with E-state index in [0.29, 0.717) is 18.8 Å². The summed E-state index contributed by atoms with van der Waals surface area (Å²) in [6, 6.07) is 0. The molecule has 0 rings (SSSR count). The van der Waals surface area contributed by atoms with Gasteiger partial charge in [0, 0.05) is 24.1 Å². The van der Waals surface area contributed by atoms with Gasteiger partial charge in [0.2, 0.25) is 0 Å². The Balaban J connectivity index is 5.33. The van der Waals surface area contributed by atoms with Gasteiger partial charge < -0.3 is 10.8 Å². The van der Waals surface area contributed by atoms with Gasteiger partial charge in [-0.2, -0.15) is 0 Å². The molecule has 0 unspecified atom stereocenters. The van der Waals surface area contributed by atoms with Crippen LogP contribution in [0.3, 0.4) is 0 Å². The summed E-state index contributed by atoms with van der Waals surface area (Å²) >= 11 is 4.85. The molecular formula is C17H27NOS. The lowest BCUT2D eigenvalue weighted by molar-refractivity contribution is 0.298. The monoisotopic (exact) mass is 293 g/mol. The normalized spacial score (nSPS) is 14.3. The summed E-state index contributed by atoms with van der Waals surface area (Å²) in [6.07, 6.45) is 5.27. The van der Waals surface area contributed by atoms with Crippen LogP contribution in [0.5, 0.6) is 0 Å². The Morgan fingerprint density at radius 3 is 2.35 bits per heavy atom. The largest absolute Gasteiger partial charge is 0.402 e. The third kappa shape index (κ3) is 6.83. The Bertz CT molecular complexity index is 442. The van der Waals surface area contributed by atoms with E-state index in [1.807, 2.05) is 13.0 Å². The highest BCUT2D eigenvalue weighted by Crippen LogP contribution is 2.22. The molecule has 0 aromatic carbocycles. The average molecular weight is 293 g/mol. The van der Waals surface area contributed by atoms with Crippen molar-refractivity contribution >= 4 is 17.6 Å². The maximum absolute atomic E-state index is 8.92. The number of allylic oxidation sites excluding steroid dienone is 6. The van der Waals surface area contributed by atoms with Crippen LogP contribution in [-0.4, -0.2) is 17.1 Å². The van der Waals surface area contributed by atoms with Crippen LogP contribution in [0.25, 0.3) is 0 Å². The molecule has 0 aromatic heterocycles. The second-order valence-corrected chi connectivity index (χ2v) is 5.62. The van der Waals surface area contributed by atoms with Gasteiger partial charge in [0.25, 0.3) is 0 Å². The van der Waals surface area contributed by atoms with Crippen LogP contribution >= 0.6 is 12.2 Å². The van der Waals surface area contributed by atoms with Crippen LogP contribution in [0.15, 0.2) is 46.7 Å². The smallest absolute Gasteiger partial charge is 0.0468 e. The predicted octanol–water partition coefficient (Wildman–Crippen LogP) is 4.08. The van der Waals surface area contributed by atoms with E-state index < -0.39 is 0 Å². The van der Waals surface area contributed by atoms with Crippen LogP contribution in [0, 0.1) is 5.92 Å². The van der Waals surface area contributed by atoms with Gasteiger partial charge in [-0.1, -0.05) is 44.3 Å². The van der Waals surface area contributed by atoms with E-state index in [4.69, 9.17) is 23.1 Å². The molecular weight excluding hydrogens is 266 g/mol. The van der Waals surface area contributed by atoms with E-state index in [1.165, 1.54) is 0 Å². The maximum Gasteiger partial charge on any atom is 0.0468 e. The van der Waals surface area contributed by atoms with E-state index >= 15 is 0 Å². The minimum absolute atomic E-state index is 0.120. The van der Waals surface area contributed by atoms with E-state index in [-0.39, 0.29) is 6.61 Å². The molecule has 3 N–H and O–H groups in total. The predicted molar refractivity (Wildman–Crippen MR) is 92.7 cm³/mol. The first-order valence-corrected chi connectivity index (χ1v) is 7.37. The molecule has 0 radical (unpaired) electrons. The zero-order chi connectivity index (χ0) is 15.7. The maximum atomic E-state index is 8.92. The van der Waals surface area contributed by atoms with Crippen molar-refractivity contribution < 1.29 is 5.11 Å². The Hall–Kier alpha value is -1.19. The third-order valence-electron chi connectivity index (χ3n) is 3.21. The summed E-state index contributed by atoms with van der Waals surface area (Å²) in [5.41, 5.74) is 11.4. The van der Waals surface area contributed by atoms with Gasteiger partial charge in [0.1, 0.15) is 0 Å². The Kier molecular flexibility index (Phi) is 9.10. The van der Waals surface area contributed by atoms with E-state index in [2.05, 4.69) is 33.4 Å². The molecule has 0 aliphatic rings. The minimum atomic E-state index is 0.120. The molecule has 0 saturated carbocycles. The average Bonchev–Trinajstić information content (AvgIpc) is 2.35. The van der Waals surface area contributed by atoms with Gasteiger partial charge in [0.05, 0.1) is 0 Å². The van der Waals surface area contributed by atoms with Crippen molar-refractivity contribution in [1.82, 2.24) is 0 Å². The molecule has 0 saturated heterocycles. The van der Waals surface area contributed by atoms with E-state index in [1.54, 1.807) is 5.37 Å². The SMILES string of the molecule is C=C(CCO)CC(N)=C(C=C(C)C(C)=CC=S)C(C)C. The van der Waals surface area contributed by atoms with Gasteiger partial charge in [-0.25, -0.2) is 0 Å². The number of aliphatic hydroxyl groups is 1. The summed E-state index contributed by atoms with van der Waals surface area (Å²) < 4.78 is 0. The van der Waals surface area contributed by atoms with Crippen LogP contribution in [0.4, 0.5) is 0 Å². The first-order valence-electron chi connectivity index (χ1n) is 6.90. The first-order chi connectivity index (χ1) is 9.33. The van der Waals surface area contributed by atoms with Crippen molar-refractivity contribution in [1.29, 1.82) is 0 Å². The van der Waals surface area contributed by atoms with Crippen molar-refractivity contribution in [2.75, 3.05) is 6.61 Å². The van der Waals surface area contributed by atoms with Crippen molar-refractivity contribution in [3.8, 4) is 0 Å². The lowest BCUT2D eigenvalue weighted by atomic mass is 9.94. The van der Waals surface area contributed by atoms with Gasteiger partial charge in [-0.05, 0) is 49.0 Å². The van der Waals surface area contributed by atoms with Crippen LogP contribution in [-0.2, 0) is 0 Å². The summed E-state index contributed by atoms with van der Waals surface area (Å²) in [7, 11) is 0. The van der Waals surface area contributed by atoms with Gasteiger partial charge in [0.15, 0.2) is 0 Å². The van der Waals surface area contributed by atoms with Crippen molar-refractivity contribution in [3.63, 3.8) is 0 Å². The number of aliphatic hydroxyl groups excluding tert-OH is 1. The van der Waals surface area contributed by atoms with E-state index in [0.717, 1.165) is 28.0 Å². The van der Waals surface area contributed by atoms with Gasteiger partial charge >= 0.3 is 0 Å². The Morgan fingerprint density at radius 1 is 1.30 bits per heavy atom. The Morgan fingerprint density at radius 2 is 1.90 bits per heavy atom.